The van der Waals surface area contributed by atoms with Gasteiger partial charge in [0, 0.05) is 43.0 Å². The molecule has 3 heterocycles. The van der Waals surface area contributed by atoms with E-state index in [1.165, 1.54) is 0 Å². The van der Waals surface area contributed by atoms with E-state index in [-0.39, 0.29) is 17.7 Å². The van der Waals surface area contributed by atoms with Gasteiger partial charge in [0.2, 0.25) is 11.9 Å². The van der Waals surface area contributed by atoms with E-state index < -0.39 is 0 Å². The topological polar surface area (TPSA) is 84.2 Å². The number of hydrogen-bond acceptors (Lipinski definition) is 6. The lowest BCUT2D eigenvalue weighted by molar-refractivity contribution is -0.120. The van der Waals surface area contributed by atoms with Crippen molar-refractivity contribution in [2.24, 2.45) is 5.92 Å². The van der Waals surface area contributed by atoms with E-state index in [1.54, 1.807) is 18.5 Å². The first-order chi connectivity index (χ1) is 13.1. The molecule has 1 fully saturated rings. The van der Waals surface area contributed by atoms with Crippen LogP contribution in [0.25, 0.3) is 11.1 Å². The highest BCUT2D eigenvalue weighted by Crippen LogP contribution is 2.25. The van der Waals surface area contributed by atoms with Gasteiger partial charge in [-0.1, -0.05) is 13.8 Å². The Morgan fingerprint density at radius 1 is 1.22 bits per heavy atom. The molecular formula is C20H23N5O2. The Morgan fingerprint density at radius 3 is 2.67 bits per heavy atom. The summed E-state index contributed by atoms with van der Waals surface area (Å²) < 4.78 is 5.72. The highest BCUT2D eigenvalue weighted by molar-refractivity contribution is 5.94. The Kier molecular flexibility index (Phi) is 4.75. The molecule has 0 bridgehead atoms. The van der Waals surface area contributed by atoms with Crippen molar-refractivity contribution in [1.29, 1.82) is 0 Å². The second-order valence-corrected chi connectivity index (χ2v) is 7.19. The van der Waals surface area contributed by atoms with E-state index in [4.69, 9.17) is 4.42 Å². The summed E-state index contributed by atoms with van der Waals surface area (Å²) in [4.78, 5) is 27.8. The molecule has 3 aromatic rings. The van der Waals surface area contributed by atoms with Crippen molar-refractivity contribution in [2.75, 3.05) is 23.3 Å². The van der Waals surface area contributed by atoms with Crippen LogP contribution in [-0.4, -0.2) is 33.9 Å². The molecule has 0 aliphatic carbocycles. The largest absolute Gasteiger partial charge is 0.440 e. The Bertz CT molecular complexity index is 930. The van der Waals surface area contributed by atoms with E-state index in [1.807, 2.05) is 32.0 Å². The van der Waals surface area contributed by atoms with Crippen molar-refractivity contribution < 1.29 is 9.21 Å². The lowest BCUT2D eigenvalue weighted by atomic mass is 9.96. The standard InChI is InChI=1S/C20H23N5O2/c1-13(2)19-24-16-12-15(4-5-17(16)27-19)23-18(26)14-6-10-25(11-7-14)20-21-8-3-9-22-20/h3-5,8-9,12-14H,6-7,10-11H2,1-2H3,(H,23,26). The Morgan fingerprint density at radius 2 is 1.96 bits per heavy atom. The molecule has 7 nitrogen and oxygen atoms in total. The number of rotatable bonds is 4. The summed E-state index contributed by atoms with van der Waals surface area (Å²) in [5, 5.41) is 3.03. The third kappa shape index (κ3) is 3.77. The van der Waals surface area contributed by atoms with Gasteiger partial charge in [-0.15, -0.1) is 0 Å². The number of fused-ring (bicyclic) bond motifs is 1. The van der Waals surface area contributed by atoms with Crippen LogP contribution in [0.2, 0.25) is 0 Å². The monoisotopic (exact) mass is 365 g/mol. The second-order valence-electron chi connectivity index (χ2n) is 7.19. The van der Waals surface area contributed by atoms with Crippen LogP contribution in [0.5, 0.6) is 0 Å². The fourth-order valence-corrected chi connectivity index (χ4v) is 3.31. The minimum absolute atomic E-state index is 0.0100. The fraction of sp³-hybridized carbons (Fsp3) is 0.400. The van der Waals surface area contributed by atoms with Gasteiger partial charge in [0.15, 0.2) is 11.5 Å². The Balaban J connectivity index is 1.39. The summed E-state index contributed by atoms with van der Waals surface area (Å²) in [6.45, 7) is 5.64. The number of oxazole rings is 1. The number of benzene rings is 1. The second kappa shape index (κ2) is 7.34. The van der Waals surface area contributed by atoms with Gasteiger partial charge in [-0.25, -0.2) is 15.0 Å². The van der Waals surface area contributed by atoms with Crippen molar-refractivity contribution in [3.05, 3.63) is 42.5 Å². The molecule has 1 amide bonds. The van der Waals surface area contributed by atoms with Gasteiger partial charge in [0.1, 0.15) is 5.52 Å². The molecule has 0 atom stereocenters. The SMILES string of the molecule is CC(C)c1nc2cc(NC(=O)C3CCN(c4ncccn4)CC3)ccc2o1. The van der Waals surface area contributed by atoms with Crippen LogP contribution in [0.3, 0.4) is 0 Å². The maximum Gasteiger partial charge on any atom is 0.227 e. The zero-order chi connectivity index (χ0) is 18.8. The van der Waals surface area contributed by atoms with Crippen molar-refractivity contribution in [3.8, 4) is 0 Å². The third-order valence-electron chi connectivity index (χ3n) is 4.87. The van der Waals surface area contributed by atoms with Gasteiger partial charge < -0.3 is 14.6 Å². The molecule has 140 valence electrons. The van der Waals surface area contributed by atoms with Gasteiger partial charge in [-0.3, -0.25) is 4.79 Å². The van der Waals surface area contributed by atoms with E-state index in [2.05, 4.69) is 25.2 Å². The lowest BCUT2D eigenvalue weighted by Gasteiger charge is -2.31. The Labute approximate surface area is 157 Å². The lowest BCUT2D eigenvalue weighted by Crippen LogP contribution is -2.39. The predicted octanol–water partition coefficient (Wildman–Crippen LogP) is 3.60. The molecule has 27 heavy (non-hydrogen) atoms. The molecule has 0 unspecified atom stereocenters. The quantitative estimate of drug-likeness (QED) is 0.760. The Hall–Kier alpha value is -2.96. The molecule has 1 aliphatic rings. The number of piperidine rings is 1. The molecule has 2 aromatic heterocycles. The summed E-state index contributed by atoms with van der Waals surface area (Å²) >= 11 is 0. The third-order valence-corrected chi connectivity index (χ3v) is 4.87. The maximum atomic E-state index is 12.7. The number of nitrogens with one attached hydrogen (secondary N) is 1. The molecule has 0 saturated carbocycles. The molecule has 1 saturated heterocycles. The number of aromatic nitrogens is 3. The molecule has 0 spiro atoms. The van der Waals surface area contributed by atoms with Gasteiger partial charge >= 0.3 is 0 Å². The smallest absolute Gasteiger partial charge is 0.227 e. The van der Waals surface area contributed by atoms with Crippen LogP contribution < -0.4 is 10.2 Å². The van der Waals surface area contributed by atoms with Crippen molar-refractivity contribution in [3.63, 3.8) is 0 Å². The summed E-state index contributed by atoms with van der Waals surface area (Å²) in [7, 11) is 0. The zero-order valence-corrected chi connectivity index (χ0v) is 15.6. The van der Waals surface area contributed by atoms with E-state index in [0.717, 1.165) is 48.7 Å². The molecule has 1 N–H and O–H groups in total. The minimum Gasteiger partial charge on any atom is -0.440 e. The molecule has 0 radical (unpaired) electrons. The van der Waals surface area contributed by atoms with Crippen LogP contribution in [-0.2, 0) is 4.79 Å². The summed E-state index contributed by atoms with van der Waals surface area (Å²) in [6.07, 6.45) is 5.05. The maximum absolute atomic E-state index is 12.7. The van der Waals surface area contributed by atoms with Gasteiger partial charge in [0.25, 0.3) is 0 Å². The van der Waals surface area contributed by atoms with Crippen LogP contribution >= 0.6 is 0 Å². The molecule has 1 aliphatic heterocycles. The van der Waals surface area contributed by atoms with E-state index >= 15 is 0 Å². The molecule has 7 heteroatoms. The molecule has 4 rings (SSSR count). The van der Waals surface area contributed by atoms with Crippen molar-refractivity contribution >= 4 is 28.6 Å². The van der Waals surface area contributed by atoms with Crippen LogP contribution in [0.1, 0.15) is 38.5 Å². The first kappa shape index (κ1) is 17.5. The number of anilines is 2. The highest BCUT2D eigenvalue weighted by Gasteiger charge is 2.26. The first-order valence-corrected chi connectivity index (χ1v) is 9.33. The van der Waals surface area contributed by atoms with E-state index in [9.17, 15) is 4.79 Å². The van der Waals surface area contributed by atoms with Crippen molar-refractivity contribution in [2.45, 2.75) is 32.6 Å². The summed E-state index contributed by atoms with van der Waals surface area (Å²) in [5.41, 5.74) is 2.27. The summed E-state index contributed by atoms with van der Waals surface area (Å²) in [6, 6.07) is 7.40. The number of carbonyl (C=O) groups excluding carboxylic acids is 1. The van der Waals surface area contributed by atoms with Crippen molar-refractivity contribution in [1.82, 2.24) is 15.0 Å². The van der Waals surface area contributed by atoms with Gasteiger partial charge in [-0.05, 0) is 37.1 Å². The van der Waals surface area contributed by atoms with E-state index in [0.29, 0.717) is 5.89 Å². The number of amides is 1. The summed E-state index contributed by atoms with van der Waals surface area (Å²) in [5.74, 6) is 1.71. The van der Waals surface area contributed by atoms with Crippen LogP contribution in [0.4, 0.5) is 11.6 Å². The van der Waals surface area contributed by atoms with Crippen LogP contribution in [0, 0.1) is 5.92 Å². The predicted molar refractivity (Wildman–Crippen MR) is 104 cm³/mol. The van der Waals surface area contributed by atoms with Gasteiger partial charge in [0.05, 0.1) is 0 Å². The molecule has 1 aromatic carbocycles. The van der Waals surface area contributed by atoms with Crippen LogP contribution in [0.15, 0.2) is 41.1 Å². The zero-order valence-electron chi connectivity index (χ0n) is 15.6. The fourth-order valence-electron chi connectivity index (χ4n) is 3.31. The molecular weight excluding hydrogens is 342 g/mol. The average Bonchev–Trinajstić information content (AvgIpc) is 3.12. The minimum atomic E-state index is -0.0100. The number of carbonyl (C=O) groups is 1. The highest BCUT2D eigenvalue weighted by atomic mass is 16.3. The average molecular weight is 365 g/mol. The number of hydrogen-bond donors (Lipinski definition) is 1. The number of nitrogens with zero attached hydrogens (tertiary/aromatic N) is 4. The normalized spacial score (nSPS) is 15.4. The van der Waals surface area contributed by atoms with Gasteiger partial charge in [-0.2, -0.15) is 0 Å². The first-order valence-electron chi connectivity index (χ1n) is 9.33.